The molecule has 13 heteroatoms. The third-order valence-electron chi connectivity index (χ3n) is 5.82. The Bertz CT molecular complexity index is 1330. The summed E-state index contributed by atoms with van der Waals surface area (Å²) < 4.78 is 32.6. The number of pyridine rings is 1. The minimum Gasteiger partial charge on any atom is -0.447 e. The van der Waals surface area contributed by atoms with Crippen LogP contribution < -0.4 is 21.7 Å². The Kier molecular flexibility index (Phi) is 10.8. The number of anilines is 1. The van der Waals surface area contributed by atoms with Gasteiger partial charge in [-0.2, -0.15) is 0 Å². The number of hydrogen-bond donors (Lipinski definition) is 4. The van der Waals surface area contributed by atoms with Gasteiger partial charge in [0, 0.05) is 44.7 Å². The molecule has 10 nitrogen and oxygen atoms in total. The van der Waals surface area contributed by atoms with Gasteiger partial charge < -0.3 is 26.0 Å². The smallest absolute Gasteiger partial charge is 0.412 e. The summed E-state index contributed by atoms with van der Waals surface area (Å²) in [5, 5.41) is 8.88. The summed E-state index contributed by atoms with van der Waals surface area (Å²) >= 11 is 5.95. The average molecular weight is 563 g/mol. The van der Waals surface area contributed by atoms with Crippen LogP contribution in [0.3, 0.4) is 0 Å². The minimum absolute atomic E-state index is 0.0424. The van der Waals surface area contributed by atoms with Crippen LogP contribution in [0.4, 0.5) is 24.2 Å². The monoisotopic (exact) mass is 562 g/mol. The molecule has 0 saturated heterocycles. The van der Waals surface area contributed by atoms with Crippen molar-refractivity contribution in [1.29, 1.82) is 0 Å². The summed E-state index contributed by atoms with van der Waals surface area (Å²) in [6.45, 7) is 0.288. The van der Waals surface area contributed by atoms with E-state index in [1.807, 2.05) is 0 Å². The number of hydrogen-bond acceptors (Lipinski definition) is 6. The van der Waals surface area contributed by atoms with E-state index in [9.17, 15) is 23.2 Å². The van der Waals surface area contributed by atoms with Crippen LogP contribution >= 0.6 is 11.6 Å². The van der Waals surface area contributed by atoms with Crippen molar-refractivity contribution in [2.24, 2.45) is 5.73 Å². The van der Waals surface area contributed by atoms with Gasteiger partial charge in [0.2, 0.25) is 5.91 Å². The fourth-order valence-electron chi connectivity index (χ4n) is 3.63. The van der Waals surface area contributed by atoms with E-state index in [2.05, 4.69) is 20.9 Å². The van der Waals surface area contributed by atoms with Gasteiger partial charge in [0.1, 0.15) is 24.1 Å². The van der Waals surface area contributed by atoms with Gasteiger partial charge in [0.15, 0.2) is 0 Å². The molecular formula is C26H29ClF2N6O4. The molecule has 1 aromatic heterocycles. The molecule has 4 amide bonds. The number of urea groups is 1. The Morgan fingerprint density at radius 1 is 1.13 bits per heavy atom. The van der Waals surface area contributed by atoms with Gasteiger partial charge >= 0.3 is 12.1 Å². The molecule has 0 radical (unpaired) electrons. The fourth-order valence-corrected chi connectivity index (χ4v) is 3.82. The maximum Gasteiger partial charge on any atom is 0.412 e. The van der Waals surface area contributed by atoms with Crippen molar-refractivity contribution in [1.82, 2.24) is 20.5 Å². The van der Waals surface area contributed by atoms with Crippen molar-refractivity contribution in [2.45, 2.75) is 25.4 Å². The van der Waals surface area contributed by atoms with E-state index in [4.69, 9.17) is 22.1 Å². The third kappa shape index (κ3) is 8.76. The third-order valence-corrected chi connectivity index (χ3v) is 6.24. The van der Waals surface area contributed by atoms with Crippen LogP contribution in [-0.2, 0) is 16.1 Å². The highest BCUT2D eigenvalue weighted by Crippen LogP contribution is 2.20. The average Bonchev–Trinajstić information content (AvgIpc) is 2.91. The molecule has 0 unspecified atom stereocenters. The highest BCUT2D eigenvalue weighted by Gasteiger charge is 2.23. The van der Waals surface area contributed by atoms with Gasteiger partial charge in [-0.1, -0.05) is 23.7 Å². The van der Waals surface area contributed by atoms with Crippen LogP contribution in [0.25, 0.3) is 10.8 Å². The van der Waals surface area contributed by atoms with Crippen molar-refractivity contribution in [3.05, 3.63) is 70.9 Å². The summed E-state index contributed by atoms with van der Waals surface area (Å²) in [5.74, 6) is -1.16. The zero-order valence-electron chi connectivity index (χ0n) is 21.2. The molecule has 0 aliphatic heterocycles. The first-order chi connectivity index (χ1) is 18.7. The van der Waals surface area contributed by atoms with Crippen molar-refractivity contribution >= 4 is 46.2 Å². The fraction of sp³-hybridized carbons (Fsp3) is 0.308. The highest BCUT2D eigenvalue weighted by atomic mass is 35.5. The Balaban J connectivity index is 1.62. The first kappa shape index (κ1) is 29.5. The number of aromatic nitrogens is 1. The molecule has 0 aliphatic rings. The molecule has 3 rings (SSSR count). The van der Waals surface area contributed by atoms with E-state index < -0.39 is 29.8 Å². The summed E-state index contributed by atoms with van der Waals surface area (Å²) in [5.41, 5.74) is 5.79. The number of nitrogens with one attached hydrogen (secondary N) is 3. The Morgan fingerprint density at radius 2 is 1.92 bits per heavy atom. The van der Waals surface area contributed by atoms with Crippen molar-refractivity contribution < 1.29 is 27.9 Å². The molecule has 0 spiro atoms. The first-order valence-corrected chi connectivity index (χ1v) is 12.4. The molecule has 1 heterocycles. The lowest BCUT2D eigenvalue weighted by molar-refractivity contribution is -0.121. The summed E-state index contributed by atoms with van der Waals surface area (Å²) in [6.07, 6.45) is 0.842. The molecule has 208 valence electrons. The predicted octanol–water partition coefficient (Wildman–Crippen LogP) is 3.78. The number of ether oxygens (including phenoxy) is 1. The molecule has 0 bridgehead atoms. The van der Waals surface area contributed by atoms with E-state index in [-0.39, 0.29) is 49.3 Å². The molecule has 2 aromatic carbocycles. The number of halogens is 3. The largest absolute Gasteiger partial charge is 0.447 e. The van der Waals surface area contributed by atoms with Gasteiger partial charge in [0.25, 0.3) is 0 Å². The molecule has 5 N–H and O–H groups in total. The Labute approximate surface area is 228 Å². The number of carbonyl (C=O) groups excluding carboxylic acids is 3. The number of likely N-dealkylation sites (N-methyl/N-ethyl adjacent to an activating group) is 1. The normalized spacial score (nSPS) is 11.5. The van der Waals surface area contributed by atoms with Gasteiger partial charge in [-0.3, -0.25) is 10.1 Å². The van der Waals surface area contributed by atoms with Crippen molar-refractivity contribution in [3.63, 3.8) is 0 Å². The zero-order valence-corrected chi connectivity index (χ0v) is 21.9. The Morgan fingerprint density at radius 3 is 2.69 bits per heavy atom. The lowest BCUT2D eigenvalue weighted by Crippen LogP contribution is -2.46. The maximum absolute atomic E-state index is 13.7. The number of rotatable bonds is 11. The highest BCUT2D eigenvalue weighted by molar-refractivity contribution is 6.31. The SMILES string of the molecule is CN(C(=O)NCc1cccc(F)c1Cl)[C@@H](CCC(=O)NCCN)COC(=O)Nc1cc2cc(F)ccc2cn1. The van der Waals surface area contributed by atoms with Crippen LogP contribution in [0, 0.1) is 11.6 Å². The molecule has 0 aliphatic carbocycles. The number of amides is 4. The molecule has 0 fully saturated rings. The molecule has 1 atom stereocenters. The number of nitrogens with two attached hydrogens (primary N) is 1. The second-order valence-corrected chi connectivity index (χ2v) is 8.98. The van der Waals surface area contributed by atoms with Gasteiger partial charge in [-0.25, -0.2) is 23.4 Å². The molecule has 0 saturated carbocycles. The number of carbonyl (C=O) groups is 3. The van der Waals surface area contributed by atoms with E-state index in [1.54, 1.807) is 12.1 Å². The number of benzene rings is 2. The van der Waals surface area contributed by atoms with Crippen LogP contribution in [0.2, 0.25) is 5.02 Å². The van der Waals surface area contributed by atoms with Gasteiger partial charge in [0.05, 0.1) is 11.1 Å². The predicted molar refractivity (Wildman–Crippen MR) is 143 cm³/mol. The van der Waals surface area contributed by atoms with E-state index in [0.29, 0.717) is 22.9 Å². The van der Waals surface area contributed by atoms with E-state index in [1.165, 1.54) is 48.5 Å². The summed E-state index contributed by atoms with van der Waals surface area (Å²) in [6, 6.07) is 8.69. The lowest BCUT2D eigenvalue weighted by Gasteiger charge is -2.28. The summed E-state index contributed by atoms with van der Waals surface area (Å²) in [4.78, 5) is 42.8. The van der Waals surface area contributed by atoms with E-state index in [0.717, 1.165) is 0 Å². The summed E-state index contributed by atoms with van der Waals surface area (Å²) in [7, 11) is 1.48. The van der Waals surface area contributed by atoms with Crippen molar-refractivity contribution in [2.75, 3.05) is 32.1 Å². The topological polar surface area (TPSA) is 139 Å². The second-order valence-electron chi connectivity index (χ2n) is 8.60. The zero-order chi connectivity index (χ0) is 28.4. The van der Waals surface area contributed by atoms with Gasteiger partial charge in [-0.15, -0.1) is 0 Å². The first-order valence-electron chi connectivity index (χ1n) is 12.1. The minimum atomic E-state index is -0.851. The second kappa shape index (κ2) is 14.2. The van der Waals surface area contributed by atoms with Crippen LogP contribution in [-0.4, -0.2) is 60.7 Å². The van der Waals surface area contributed by atoms with Gasteiger partial charge in [-0.05, 0) is 47.7 Å². The lowest BCUT2D eigenvalue weighted by atomic mass is 10.1. The van der Waals surface area contributed by atoms with Crippen LogP contribution in [0.15, 0.2) is 48.7 Å². The molecule has 3 aromatic rings. The van der Waals surface area contributed by atoms with Crippen molar-refractivity contribution in [3.8, 4) is 0 Å². The number of nitrogens with zero attached hydrogens (tertiary/aromatic N) is 2. The molecule has 39 heavy (non-hydrogen) atoms. The quantitative estimate of drug-likeness (QED) is 0.280. The van der Waals surface area contributed by atoms with Crippen LogP contribution in [0.1, 0.15) is 18.4 Å². The Hall–Kier alpha value is -4.03. The molecular weight excluding hydrogens is 534 g/mol. The van der Waals surface area contributed by atoms with Crippen LogP contribution in [0.5, 0.6) is 0 Å². The maximum atomic E-state index is 13.7. The standard InChI is InChI=1S/C26H29ClF2N6O4/c1-35(25(37)33-14-17-3-2-4-21(29)24(17)27)20(7-8-23(36)31-10-9-30)15-39-26(38)34-22-12-18-11-19(28)6-5-16(18)13-32-22/h2-6,11-13,20H,7-10,14-15,30H2,1H3,(H,31,36)(H,33,37)(H,32,34,38)/t20-/m0/s1. The van der Waals surface area contributed by atoms with E-state index >= 15 is 0 Å². The number of fused-ring (bicyclic) bond motifs is 1.